The van der Waals surface area contributed by atoms with Crippen LogP contribution in [0.1, 0.15) is 6.42 Å². The van der Waals surface area contributed by atoms with Crippen LogP contribution in [0.2, 0.25) is 0 Å². The third-order valence-electron chi connectivity index (χ3n) is 2.96. The Kier molecular flexibility index (Phi) is 4.74. The Hall–Kier alpha value is -2.15. The number of benzene rings is 1. The third kappa shape index (κ3) is 3.69. The first-order chi connectivity index (χ1) is 9.99. The van der Waals surface area contributed by atoms with Crippen LogP contribution in [-0.2, 0) is 9.59 Å². The molecular formula is C14H15BrN4O2. The summed E-state index contributed by atoms with van der Waals surface area (Å²) in [6.07, 6.45) is 0.185. The van der Waals surface area contributed by atoms with E-state index in [9.17, 15) is 9.59 Å². The number of carbonyl (C=O) groups is 2. The SMILES string of the molecule is C=C(Br)CNC(=O)C1=NN(c2ccccc2)[C@@H](C(N)=O)C1. The highest BCUT2D eigenvalue weighted by Crippen LogP contribution is 2.24. The molecule has 7 heteroatoms. The first kappa shape index (κ1) is 15.2. The molecule has 1 atom stereocenters. The molecule has 3 N–H and O–H groups in total. The summed E-state index contributed by atoms with van der Waals surface area (Å²) in [5.74, 6) is -0.851. The van der Waals surface area contributed by atoms with Crippen molar-refractivity contribution < 1.29 is 9.59 Å². The fourth-order valence-electron chi connectivity index (χ4n) is 1.97. The summed E-state index contributed by atoms with van der Waals surface area (Å²) in [6.45, 7) is 3.93. The minimum atomic E-state index is -0.652. The molecule has 1 aliphatic heterocycles. The van der Waals surface area contributed by atoms with E-state index in [0.717, 1.165) is 0 Å². The van der Waals surface area contributed by atoms with Crippen molar-refractivity contribution in [2.45, 2.75) is 12.5 Å². The van der Waals surface area contributed by atoms with Crippen LogP contribution >= 0.6 is 15.9 Å². The van der Waals surface area contributed by atoms with E-state index >= 15 is 0 Å². The van der Waals surface area contributed by atoms with Crippen LogP contribution in [0.15, 0.2) is 46.5 Å². The van der Waals surface area contributed by atoms with Crippen molar-refractivity contribution in [2.75, 3.05) is 11.6 Å². The number of nitrogens with two attached hydrogens (primary N) is 1. The van der Waals surface area contributed by atoms with Gasteiger partial charge in [-0.05, 0) is 12.1 Å². The summed E-state index contributed by atoms with van der Waals surface area (Å²) in [4.78, 5) is 23.6. The van der Waals surface area contributed by atoms with Gasteiger partial charge in [0.05, 0.1) is 5.69 Å². The average Bonchev–Trinajstić information content (AvgIpc) is 2.91. The summed E-state index contributed by atoms with van der Waals surface area (Å²) in [5, 5.41) is 8.38. The number of halogens is 1. The third-order valence-corrected chi connectivity index (χ3v) is 3.24. The van der Waals surface area contributed by atoms with Crippen LogP contribution in [0.25, 0.3) is 0 Å². The zero-order valence-corrected chi connectivity index (χ0v) is 12.8. The maximum Gasteiger partial charge on any atom is 0.267 e. The molecule has 6 nitrogen and oxygen atoms in total. The smallest absolute Gasteiger partial charge is 0.267 e. The van der Waals surface area contributed by atoms with E-state index in [2.05, 4.69) is 32.9 Å². The standard InChI is InChI=1S/C14H15BrN4O2/c1-9(15)8-17-14(21)11-7-12(13(16)20)19(18-11)10-5-3-2-4-6-10/h2-6,12H,1,7-8H2,(H2,16,20)(H,17,21)/t12-/m1/s1. The monoisotopic (exact) mass is 350 g/mol. The highest BCUT2D eigenvalue weighted by atomic mass is 79.9. The van der Waals surface area contributed by atoms with Gasteiger partial charge in [0.1, 0.15) is 11.8 Å². The van der Waals surface area contributed by atoms with E-state index in [1.54, 1.807) is 12.1 Å². The van der Waals surface area contributed by atoms with Gasteiger partial charge in [-0.15, -0.1) is 0 Å². The van der Waals surface area contributed by atoms with E-state index in [1.807, 2.05) is 18.2 Å². The predicted molar refractivity (Wildman–Crippen MR) is 85.0 cm³/mol. The number of hydrogen-bond donors (Lipinski definition) is 2. The summed E-state index contributed by atoms with van der Waals surface area (Å²) in [7, 11) is 0. The Morgan fingerprint density at radius 3 is 2.67 bits per heavy atom. The number of anilines is 1. The second-order valence-electron chi connectivity index (χ2n) is 4.55. The molecule has 1 aromatic carbocycles. The van der Waals surface area contributed by atoms with Crippen LogP contribution in [0.5, 0.6) is 0 Å². The summed E-state index contributed by atoms with van der Waals surface area (Å²) in [5.41, 5.74) is 6.39. The number of amides is 2. The van der Waals surface area contributed by atoms with Crippen LogP contribution in [0.4, 0.5) is 5.69 Å². The average molecular weight is 351 g/mol. The molecular weight excluding hydrogens is 336 g/mol. The van der Waals surface area contributed by atoms with E-state index < -0.39 is 11.9 Å². The molecule has 0 spiro atoms. The quantitative estimate of drug-likeness (QED) is 0.834. The summed E-state index contributed by atoms with van der Waals surface area (Å²) in [6, 6.07) is 8.48. The van der Waals surface area contributed by atoms with Gasteiger partial charge in [0.15, 0.2) is 0 Å². The Balaban J connectivity index is 2.19. The van der Waals surface area contributed by atoms with Crippen LogP contribution in [0.3, 0.4) is 0 Å². The molecule has 0 aromatic heterocycles. The van der Waals surface area contributed by atoms with Gasteiger partial charge in [0, 0.05) is 17.4 Å². The van der Waals surface area contributed by atoms with Crippen LogP contribution < -0.4 is 16.1 Å². The number of hydrogen-bond acceptors (Lipinski definition) is 4. The molecule has 1 aromatic rings. The molecule has 0 saturated carbocycles. The lowest BCUT2D eigenvalue weighted by molar-refractivity contribution is -0.119. The second-order valence-corrected chi connectivity index (χ2v) is 5.67. The minimum Gasteiger partial charge on any atom is -0.368 e. The number of hydrazone groups is 1. The molecule has 110 valence electrons. The molecule has 1 aliphatic rings. The molecule has 0 unspecified atom stereocenters. The topological polar surface area (TPSA) is 87.8 Å². The molecule has 21 heavy (non-hydrogen) atoms. The Morgan fingerprint density at radius 1 is 1.43 bits per heavy atom. The van der Waals surface area contributed by atoms with Gasteiger partial charge < -0.3 is 11.1 Å². The number of carbonyl (C=O) groups excluding carboxylic acids is 2. The number of nitrogens with zero attached hydrogens (tertiary/aromatic N) is 2. The van der Waals surface area contributed by atoms with E-state index in [-0.39, 0.29) is 18.0 Å². The normalized spacial score (nSPS) is 17.3. The zero-order valence-electron chi connectivity index (χ0n) is 11.3. The molecule has 2 amide bonds. The maximum atomic E-state index is 12.0. The number of para-hydroxylation sites is 1. The van der Waals surface area contributed by atoms with Crippen LogP contribution in [-0.4, -0.2) is 30.1 Å². The predicted octanol–water partition coefficient (Wildman–Crippen LogP) is 1.13. The van der Waals surface area contributed by atoms with E-state index in [1.165, 1.54) is 5.01 Å². The molecule has 0 fully saturated rings. The highest BCUT2D eigenvalue weighted by Gasteiger charge is 2.34. The fourth-order valence-corrected chi connectivity index (χ4v) is 2.11. The van der Waals surface area contributed by atoms with Crippen molar-refractivity contribution in [1.29, 1.82) is 0 Å². The van der Waals surface area contributed by atoms with Crippen molar-refractivity contribution in [3.05, 3.63) is 41.4 Å². The van der Waals surface area contributed by atoms with Gasteiger partial charge in [0.25, 0.3) is 5.91 Å². The molecule has 1 heterocycles. The minimum absolute atomic E-state index is 0.185. The number of primary amides is 1. The van der Waals surface area contributed by atoms with Gasteiger partial charge >= 0.3 is 0 Å². The van der Waals surface area contributed by atoms with E-state index in [4.69, 9.17) is 5.73 Å². The van der Waals surface area contributed by atoms with Crippen molar-refractivity contribution in [3.63, 3.8) is 0 Å². The lowest BCUT2D eigenvalue weighted by Gasteiger charge is -2.20. The highest BCUT2D eigenvalue weighted by molar-refractivity contribution is 9.11. The van der Waals surface area contributed by atoms with Crippen molar-refractivity contribution in [1.82, 2.24) is 5.32 Å². The van der Waals surface area contributed by atoms with Gasteiger partial charge in [-0.2, -0.15) is 5.10 Å². The summed E-state index contributed by atoms with van der Waals surface area (Å²) < 4.78 is 0.654. The first-order valence-corrected chi connectivity index (χ1v) is 7.11. The lowest BCUT2D eigenvalue weighted by Crippen LogP contribution is -2.40. The van der Waals surface area contributed by atoms with Gasteiger partial charge in [-0.1, -0.05) is 40.7 Å². The molecule has 0 bridgehead atoms. The molecule has 0 radical (unpaired) electrons. The van der Waals surface area contributed by atoms with E-state index in [0.29, 0.717) is 16.7 Å². The van der Waals surface area contributed by atoms with Gasteiger partial charge in [-0.3, -0.25) is 14.6 Å². The van der Waals surface area contributed by atoms with Crippen LogP contribution in [0, 0.1) is 0 Å². The second kappa shape index (κ2) is 6.53. The molecule has 0 aliphatic carbocycles. The maximum absolute atomic E-state index is 12.0. The van der Waals surface area contributed by atoms with Gasteiger partial charge in [0.2, 0.25) is 5.91 Å². The number of rotatable bonds is 5. The van der Waals surface area contributed by atoms with Gasteiger partial charge in [-0.25, -0.2) is 0 Å². The summed E-state index contributed by atoms with van der Waals surface area (Å²) >= 11 is 3.16. The Bertz CT molecular complexity index is 600. The van der Waals surface area contributed by atoms with Crippen molar-refractivity contribution in [3.8, 4) is 0 Å². The Morgan fingerprint density at radius 2 is 2.10 bits per heavy atom. The number of nitrogens with one attached hydrogen (secondary N) is 1. The molecule has 2 rings (SSSR count). The largest absolute Gasteiger partial charge is 0.368 e. The molecule has 0 saturated heterocycles. The zero-order chi connectivity index (χ0) is 15.4. The Labute approximate surface area is 130 Å². The lowest BCUT2D eigenvalue weighted by atomic mass is 10.1. The van der Waals surface area contributed by atoms with Crippen molar-refractivity contribution in [2.24, 2.45) is 10.8 Å². The first-order valence-electron chi connectivity index (χ1n) is 6.31. The fraction of sp³-hybridized carbons (Fsp3) is 0.214. The van der Waals surface area contributed by atoms with Crippen molar-refractivity contribution >= 4 is 39.1 Å².